The van der Waals surface area contributed by atoms with E-state index in [1.54, 1.807) is 13.2 Å². The fourth-order valence-electron chi connectivity index (χ4n) is 4.39. The van der Waals surface area contributed by atoms with Gasteiger partial charge in [-0.2, -0.15) is 0 Å². The molecule has 0 unspecified atom stereocenters. The van der Waals surface area contributed by atoms with Gasteiger partial charge in [0.05, 0.1) is 12.6 Å². The van der Waals surface area contributed by atoms with E-state index in [-0.39, 0.29) is 17.7 Å². The smallest absolute Gasteiger partial charge is 0.272 e. The second-order valence-corrected chi connectivity index (χ2v) is 8.06. The van der Waals surface area contributed by atoms with Crippen LogP contribution in [-0.4, -0.2) is 59.9 Å². The number of methoxy groups -OCH3 is 1. The molecule has 0 saturated carbocycles. The zero-order valence-electron chi connectivity index (χ0n) is 17.1. The number of likely N-dealkylation sites (tertiary alicyclic amines) is 2. The number of hydrogen-bond acceptors (Lipinski definition) is 4. The van der Waals surface area contributed by atoms with Gasteiger partial charge in [0, 0.05) is 37.5 Å². The summed E-state index contributed by atoms with van der Waals surface area (Å²) in [6.45, 7) is 3.02. The van der Waals surface area contributed by atoms with E-state index in [1.807, 2.05) is 34.1 Å². The van der Waals surface area contributed by atoms with Crippen LogP contribution in [0.25, 0.3) is 10.9 Å². The molecule has 0 atom stereocenters. The van der Waals surface area contributed by atoms with Gasteiger partial charge >= 0.3 is 0 Å². The third-order valence-corrected chi connectivity index (χ3v) is 6.16. The molecule has 0 spiro atoms. The standard InChI is InChI=1S/C23H29N3O3/c1-29-19-7-9-20-18(16-19)6-8-21(24-20)23(28)26-14-10-17(11-15-26)22(27)25-12-4-2-3-5-13-25/h6-9,16-17H,2-5,10-15H2,1H3. The Bertz CT molecular complexity index is 882. The van der Waals surface area contributed by atoms with Crippen LogP contribution in [0.2, 0.25) is 0 Å². The average molecular weight is 396 g/mol. The quantitative estimate of drug-likeness (QED) is 0.798. The number of nitrogens with zero attached hydrogens (tertiary/aromatic N) is 3. The topological polar surface area (TPSA) is 62.7 Å². The molecule has 2 fully saturated rings. The molecule has 2 aromatic rings. The van der Waals surface area contributed by atoms with Crippen molar-refractivity contribution in [1.82, 2.24) is 14.8 Å². The van der Waals surface area contributed by atoms with Crippen LogP contribution in [-0.2, 0) is 4.79 Å². The first-order valence-electron chi connectivity index (χ1n) is 10.7. The number of fused-ring (bicyclic) bond motifs is 1. The first-order chi connectivity index (χ1) is 14.2. The van der Waals surface area contributed by atoms with E-state index >= 15 is 0 Å². The Kier molecular flexibility index (Phi) is 5.97. The predicted molar refractivity (Wildman–Crippen MR) is 112 cm³/mol. The second-order valence-electron chi connectivity index (χ2n) is 8.06. The Morgan fingerprint density at radius 3 is 2.34 bits per heavy atom. The third-order valence-electron chi connectivity index (χ3n) is 6.16. The summed E-state index contributed by atoms with van der Waals surface area (Å²) in [5, 5.41) is 0.947. The summed E-state index contributed by atoms with van der Waals surface area (Å²) in [5.41, 5.74) is 1.24. The summed E-state index contributed by atoms with van der Waals surface area (Å²) in [6.07, 6.45) is 6.16. The van der Waals surface area contributed by atoms with Gasteiger partial charge in [0.2, 0.25) is 5.91 Å². The lowest BCUT2D eigenvalue weighted by Crippen LogP contribution is -2.44. The van der Waals surface area contributed by atoms with Crippen LogP contribution in [0.1, 0.15) is 49.0 Å². The van der Waals surface area contributed by atoms with E-state index in [4.69, 9.17) is 4.74 Å². The van der Waals surface area contributed by atoms with Crippen LogP contribution in [0.15, 0.2) is 30.3 Å². The lowest BCUT2D eigenvalue weighted by molar-refractivity contribution is -0.136. The number of aromatic nitrogens is 1. The number of ether oxygens (including phenoxy) is 1. The summed E-state index contributed by atoms with van der Waals surface area (Å²) >= 11 is 0. The Balaban J connectivity index is 1.38. The highest BCUT2D eigenvalue weighted by molar-refractivity contribution is 5.95. The van der Waals surface area contributed by atoms with Gasteiger partial charge in [-0.15, -0.1) is 0 Å². The molecule has 1 aromatic carbocycles. The SMILES string of the molecule is COc1ccc2nc(C(=O)N3CCC(C(=O)N4CCCCCC4)CC3)ccc2c1. The first kappa shape index (κ1) is 19.7. The van der Waals surface area contributed by atoms with Crippen LogP contribution in [0.4, 0.5) is 0 Å². The highest BCUT2D eigenvalue weighted by Crippen LogP contribution is 2.24. The molecule has 2 saturated heterocycles. The van der Waals surface area contributed by atoms with Crippen LogP contribution in [0.3, 0.4) is 0 Å². The van der Waals surface area contributed by atoms with Crippen LogP contribution < -0.4 is 4.74 Å². The molecule has 0 aliphatic carbocycles. The number of hydrogen-bond donors (Lipinski definition) is 0. The molecule has 6 nitrogen and oxygen atoms in total. The molecule has 1 aromatic heterocycles. The molecule has 0 radical (unpaired) electrons. The van der Waals surface area contributed by atoms with Gasteiger partial charge in [0.15, 0.2) is 0 Å². The zero-order chi connectivity index (χ0) is 20.2. The van der Waals surface area contributed by atoms with Gasteiger partial charge in [-0.1, -0.05) is 18.9 Å². The zero-order valence-corrected chi connectivity index (χ0v) is 17.1. The number of carbonyl (C=O) groups is 2. The van der Waals surface area contributed by atoms with Gasteiger partial charge < -0.3 is 14.5 Å². The highest BCUT2D eigenvalue weighted by atomic mass is 16.5. The Hall–Kier alpha value is -2.63. The van der Waals surface area contributed by atoms with E-state index in [0.29, 0.717) is 18.8 Å². The lowest BCUT2D eigenvalue weighted by atomic mass is 9.95. The van der Waals surface area contributed by atoms with Crippen molar-refractivity contribution >= 4 is 22.7 Å². The van der Waals surface area contributed by atoms with E-state index in [9.17, 15) is 9.59 Å². The fraction of sp³-hybridized carbons (Fsp3) is 0.522. The number of pyridine rings is 1. The minimum absolute atomic E-state index is 0.0502. The molecule has 4 rings (SSSR count). The molecule has 2 aliphatic heterocycles. The normalized spacial score (nSPS) is 18.5. The van der Waals surface area contributed by atoms with Crippen molar-refractivity contribution < 1.29 is 14.3 Å². The molecule has 154 valence electrons. The van der Waals surface area contributed by atoms with E-state index in [1.165, 1.54) is 12.8 Å². The first-order valence-corrected chi connectivity index (χ1v) is 10.7. The predicted octanol–water partition coefficient (Wildman–Crippen LogP) is 3.50. The highest BCUT2D eigenvalue weighted by Gasteiger charge is 2.31. The fourth-order valence-corrected chi connectivity index (χ4v) is 4.39. The lowest BCUT2D eigenvalue weighted by Gasteiger charge is -2.34. The minimum Gasteiger partial charge on any atom is -0.497 e. The van der Waals surface area contributed by atoms with Crippen LogP contribution in [0, 0.1) is 5.92 Å². The van der Waals surface area contributed by atoms with Crippen LogP contribution >= 0.6 is 0 Å². The monoisotopic (exact) mass is 395 g/mol. The van der Waals surface area contributed by atoms with E-state index in [0.717, 1.165) is 55.4 Å². The van der Waals surface area contributed by atoms with Crippen molar-refractivity contribution in [2.45, 2.75) is 38.5 Å². The third kappa shape index (κ3) is 4.36. The van der Waals surface area contributed by atoms with Gasteiger partial charge in [0.25, 0.3) is 5.91 Å². The largest absolute Gasteiger partial charge is 0.497 e. The number of piperidine rings is 1. The molecule has 0 N–H and O–H groups in total. The molecule has 2 amide bonds. The molecule has 6 heteroatoms. The molecular formula is C23H29N3O3. The van der Waals surface area contributed by atoms with Crippen molar-refractivity contribution in [3.63, 3.8) is 0 Å². The Labute approximate surface area is 171 Å². The van der Waals surface area contributed by atoms with Crippen molar-refractivity contribution in [2.75, 3.05) is 33.3 Å². The van der Waals surface area contributed by atoms with Gasteiger partial charge in [-0.3, -0.25) is 9.59 Å². The van der Waals surface area contributed by atoms with Crippen molar-refractivity contribution in [1.29, 1.82) is 0 Å². The maximum atomic E-state index is 12.9. The Morgan fingerprint density at radius 2 is 1.66 bits per heavy atom. The van der Waals surface area contributed by atoms with Gasteiger partial charge in [-0.25, -0.2) is 4.98 Å². The molecule has 3 heterocycles. The maximum Gasteiger partial charge on any atom is 0.272 e. The number of benzene rings is 1. The van der Waals surface area contributed by atoms with Crippen molar-refractivity contribution in [3.8, 4) is 5.75 Å². The maximum absolute atomic E-state index is 12.9. The number of carbonyl (C=O) groups excluding carboxylic acids is 2. The summed E-state index contributed by atoms with van der Waals surface area (Å²) < 4.78 is 5.24. The minimum atomic E-state index is -0.0524. The number of rotatable bonds is 3. The molecule has 2 aliphatic rings. The van der Waals surface area contributed by atoms with Gasteiger partial charge in [0.1, 0.15) is 11.4 Å². The number of amides is 2. The molecule has 29 heavy (non-hydrogen) atoms. The van der Waals surface area contributed by atoms with Crippen LogP contribution in [0.5, 0.6) is 5.75 Å². The Morgan fingerprint density at radius 1 is 0.931 bits per heavy atom. The summed E-state index contributed by atoms with van der Waals surface area (Å²) in [6, 6.07) is 9.32. The van der Waals surface area contributed by atoms with E-state index < -0.39 is 0 Å². The van der Waals surface area contributed by atoms with Crippen molar-refractivity contribution in [3.05, 3.63) is 36.0 Å². The summed E-state index contributed by atoms with van der Waals surface area (Å²) in [7, 11) is 1.63. The summed E-state index contributed by atoms with van der Waals surface area (Å²) in [5.74, 6) is 1.06. The van der Waals surface area contributed by atoms with Crippen molar-refractivity contribution in [2.24, 2.45) is 5.92 Å². The molecule has 0 bridgehead atoms. The van der Waals surface area contributed by atoms with Gasteiger partial charge in [-0.05, 0) is 49.9 Å². The van der Waals surface area contributed by atoms with E-state index in [2.05, 4.69) is 4.98 Å². The average Bonchev–Trinajstić information content (AvgIpc) is 3.07. The summed E-state index contributed by atoms with van der Waals surface area (Å²) in [4.78, 5) is 34.2. The second kappa shape index (κ2) is 8.80. The molecular weight excluding hydrogens is 366 g/mol.